The van der Waals surface area contributed by atoms with Gasteiger partial charge in [-0.3, -0.25) is 4.79 Å². The molecule has 1 amide bonds. The van der Waals surface area contributed by atoms with Crippen molar-refractivity contribution in [1.82, 2.24) is 4.98 Å². The number of fused-ring (bicyclic) bond motifs is 1. The summed E-state index contributed by atoms with van der Waals surface area (Å²) in [5.74, 6) is -0.864. The van der Waals surface area contributed by atoms with E-state index < -0.39 is 22.7 Å². The lowest BCUT2D eigenvalue weighted by molar-refractivity contribution is -0.137. The van der Waals surface area contributed by atoms with Crippen LogP contribution in [0.25, 0.3) is 20.8 Å². The predicted octanol–water partition coefficient (Wildman–Crippen LogP) is 7.40. The lowest BCUT2D eigenvalue weighted by atomic mass is 10.2. The molecule has 4 aromatic rings. The van der Waals surface area contributed by atoms with Gasteiger partial charge in [0, 0.05) is 23.1 Å². The Labute approximate surface area is 207 Å². The topological polar surface area (TPSA) is 77.8 Å². The number of amides is 1. The summed E-state index contributed by atoms with van der Waals surface area (Å²) in [5.41, 5.74) is 2.07. The van der Waals surface area contributed by atoms with Crippen molar-refractivity contribution in [2.24, 2.45) is 0 Å². The zero-order valence-electron chi connectivity index (χ0n) is 18.1. The molecule has 3 aromatic carbocycles. The van der Waals surface area contributed by atoms with E-state index in [1.165, 1.54) is 12.3 Å². The average molecular weight is 513 g/mol. The summed E-state index contributed by atoms with van der Waals surface area (Å²) in [7, 11) is 0. The standard InChI is InChI=1S/C25H16ClF3N4OS/c1-14-2-9-21-22(10-14)35-24(33-21)15-3-5-17(6-4-15)31-13-16(12-30)23(34)32-18-7-8-20(26)19(11-18)25(27,28)29/h2-11,13,31H,1H3,(H,32,34)/b16-13-. The van der Waals surface area contributed by atoms with Crippen molar-refractivity contribution in [3.05, 3.63) is 88.6 Å². The zero-order chi connectivity index (χ0) is 25.2. The molecule has 2 N–H and O–H groups in total. The lowest BCUT2D eigenvalue weighted by Gasteiger charge is -2.11. The van der Waals surface area contributed by atoms with Crippen LogP contribution in [-0.2, 0) is 11.0 Å². The molecule has 0 atom stereocenters. The van der Waals surface area contributed by atoms with Crippen molar-refractivity contribution in [2.45, 2.75) is 13.1 Å². The number of halogens is 4. The first-order valence-electron chi connectivity index (χ1n) is 10.2. The SMILES string of the molecule is Cc1ccc2nc(-c3ccc(N/C=C(/C#N)C(=O)Nc4ccc(Cl)c(C(F)(F)F)c4)cc3)sc2c1. The molecule has 4 rings (SSSR count). The highest BCUT2D eigenvalue weighted by molar-refractivity contribution is 7.21. The number of aromatic nitrogens is 1. The van der Waals surface area contributed by atoms with Crippen LogP contribution in [-0.4, -0.2) is 10.9 Å². The number of hydrogen-bond acceptors (Lipinski definition) is 5. The van der Waals surface area contributed by atoms with E-state index in [0.717, 1.165) is 32.4 Å². The minimum atomic E-state index is -4.68. The van der Waals surface area contributed by atoms with E-state index in [2.05, 4.69) is 21.7 Å². The summed E-state index contributed by atoms with van der Waals surface area (Å²) in [5, 5.41) is 14.9. The van der Waals surface area contributed by atoms with E-state index in [1.807, 2.05) is 31.2 Å². The van der Waals surface area contributed by atoms with Gasteiger partial charge in [-0.05, 0) is 67.1 Å². The van der Waals surface area contributed by atoms with Crippen molar-refractivity contribution in [3.63, 3.8) is 0 Å². The molecule has 0 unspecified atom stereocenters. The first-order chi connectivity index (χ1) is 16.6. The van der Waals surface area contributed by atoms with Crippen LogP contribution in [0.15, 0.2) is 72.4 Å². The molecule has 0 fully saturated rings. The molecule has 0 radical (unpaired) electrons. The molecule has 35 heavy (non-hydrogen) atoms. The second kappa shape index (κ2) is 9.78. The van der Waals surface area contributed by atoms with Crippen LogP contribution in [0.3, 0.4) is 0 Å². The van der Waals surface area contributed by atoms with E-state index in [-0.39, 0.29) is 11.3 Å². The third kappa shape index (κ3) is 5.62. The van der Waals surface area contributed by atoms with Crippen LogP contribution >= 0.6 is 22.9 Å². The van der Waals surface area contributed by atoms with Gasteiger partial charge in [0.25, 0.3) is 5.91 Å². The van der Waals surface area contributed by atoms with E-state index in [4.69, 9.17) is 11.6 Å². The first kappa shape index (κ1) is 24.3. The van der Waals surface area contributed by atoms with Crippen LogP contribution in [0.2, 0.25) is 5.02 Å². The Hall–Kier alpha value is -3.87. The van der Waals surface area contributed by atoms with E-state index in [0.29, 0.717) is 11.8 Å². The van der Waals surface area contributed by atoms with Crippen molar-refractivity contribution >= 4 is 50.4 Å². The van der Waals surface area contributed by atoms with Crippen LogP contribution < -0.4 is 10.6 Å². The number of nitrogens with zero attached hydrogens (tertiary/aromatic N) is 2. The quantitative estimate of drug-likeness (QED) is 0.216. The van der Waals surface area contributed by atoms with Crippen molar-refractivity contribution in [2.75, 3.05) is 10.6 Å². The van der Waals surface area contributed by atoms with Gasteiger partial charge in [-0.25, -0.2) is 4.98 Å². The smallest absolute Gasteiger partial charge is 0.360 e. The number of carbonyl (C=O) groups excluding carboxylic acids is 1. The number of thiazole rings is 1. The maximum Gasteiger partial charge on any atom is 0.417 e. The number of carbonyl (C=O) groups is 1. The Morgan fingerprint density at radius 3 is 2.49 bits per heavy atom. The monoisotopic (exact) mass is 512 g/mol. The predicted molar refractivity (Wildman–Crippen MR) is 132 cm³/mol. The highest BCUT2D eigenvalue weighted by atomic mass is 35.5. The maximum atomic E-state index is 13.0. The fraction of sp³-hybridized carbons (Fsp3) is 0.0800. The molecule has 176 valence electrons. The van der Waals surface area contributed by atoms with E-state index in [9.17, 15) is 23.2 Å². The van der Waals surface area contributed by atoms with E-state index in [1.54, 1.807) is 29.5 Å². The number of benzene rings is 3. The average Bonchev–Trinajstić information content (AvgIpc) is 3.23. The fourth-order valence-corrected chi connectivity index (χ4v) is 4.48. The number of anilines is 2. The molecule has 5 nitrogen and oxygen atoms in total. The maximum absolute atomic E-state index is 13.0. The van der Waals surface area contributed by atoms with Gasteiger partial charge in [0.2, 0.25) is 0 Å². The fourth-order valence-electron chi connectivity index (χ4n) is 3.19. The Morgan fingerprint density at radius 1 is 1.09 bits per heavy atom. The lowest BCUT2D eigenvalue weighted by Crippen LogP contribution is -2.15. The molecule has 0 aliphatic carbocycles. The van der Waals surface area contributed by atoms with Crippen LogP contribution in [0, 0.1) is 18.3 Å². The first-order valence-corrected chi connectivity index (χ1v) is 11.4. The summed E-state index contributed by atoms with van der Waals surface area (Å²) in [4.78, 5) is 17.0. The molecule has 10 heteroatoms. The van der Waals surface area contributed by atoms with Gasteiger partial charge >= 0.3 is 6.18 Å². The third-order valence-electron chi connectivity index (χ3n) is 4.95. The van der Waals surface area contributed by atoms with Crippen molar-refractivity contribution in [3.8, 4) is 16.6 Å². The summed E-state index contributed by atoms with van der Waals surface area (Å²) in [6.45, 7) is 2.03. The summed E-state index contributed by atoms with van der Waals surface area (Å²) in [6.07, 6.45) is -3.49. The zero-order valence-corrected chi connectivity index (χ0v) is 19.6. The number of nitriles is 1. The van der Waals surface area contributed by atoms with Gasteiger partial charge in [-0.2, -0.15) is 18.4 Å². The molecule has 0 bridgehead atoms. The van der Waals surface area contributed by atoms with Gasteiger partial charge in [-0.15, -0.1) is 11.3 Å². The van der Waals surface area contributed by atoms with Crippen LogP contribution in [0.1, 0.15) is 11.1 Å². The highest BCUT2D eigenvalue weighted by Gasteiger charge is 2.33. The largest absolute Gasteiger partial charge is 0.417 e. The van der Waals surface area contributed by atoms with Gasteiger partial charge < -0.3 is 10.6 Å². The molecule has 0 saturated carbocycles. The second-order valence-corrected chi connectivity index (χ2v) is 8.97. The van der Waals surface area contributed by atoms with E-state index >= 15 is 0 Å². The van der Waals surface area contributed by atoms with Crippen LogP contribution in [0.4, 0.5) is 24.5 Å². The van der Waals surface area contributed by atoms with Gasteiger partial charge in [0.05, 0.1) is 20.8 Å². The van der Waals surface area contributed by atoms with Gasteiger partial charge in [0.1, 0.15) is 16.6 Å². The van der Waals surface area contributed by atoms with Crippen molar-refractivity contribution < 1.29 is 18.0 Å². The normalized spacial score (nSPS) is 11.8. The molecular formula is C25H16ClF3N4OS. The number of hydrogen-bond donors (Lipinski definition) is 2. The molecule has 1 aromatic heterocycles. The molecule has 1 heterocycles. The minimum Gasteiger partial charge on any atom is -0.360 e. The summed E-state index contributed by atoms with van der Waals surface area (Å²) >= 11 is 7.17. The van der Waals surface area contributed by atoms with Crippen LogP contribution in [0.5, 0.6) is 0 Å². The Bertz CT molecular complexity index is 1490. The highest BCUT2D eigenvalue weighted by Crippen LogP contribution is 2.36. The summed E-state index contributed by atoms with van der Waals surface area (Å²) in [6, 6.07) is 18.0. The third-order valence-corrected chi connectivity index (χ3v) is 6.35. The minimum absolute atomic E-state index is 0.136. The molecular weight excluding hydrogens is 497 g/mol. The molecule has 0 spiro atoms. The Kier molecular flexibility index (Phi) is 6.78. The second-order valence-electron chi connectivity index (χ2n) is 7.53. The number of rotatable bonds is 5. The Morgan fingerprint density at radius 2 is 1.80 bits per heavy atom. The number of aryl methyl sites for hydroxylation is 1. The molecule has 0 aliphatic heterocycles. The van der Waals surface area contributed by atoms with Crippen molar-refractivity contribution in [1.29, 1.82) is 5.26 Å². The molecule has 0 saturated heterocycles. The summed E-state index contributed by atoms with van der Waals surface area (Å²) < 4.78 is 40.2. The number of alkyl halides is 3. The van der Waals surface area contributed by atoms with Gasteiger partial charge in [0.15, 0.2) is 0 Å². The van der Waals surface area contributed by atoms with Gasteiger partial charge in [-0.1, -0.05) is 17.7 Å². The molecule has 0 aliphatic rings. The number of nitrogens with one attached hydrogen (secondary N) is 2. The Balaban J connectivity index is 1.46.